The van der Waals surface area contributed by atoms with Gasteiger partial charge >= 0.3 is 0 Å². The lowest BCUT2D eigenvalue weighted by atomic mass is 10.5. The number of anilines is 2. The van der Waals surface area contributed by atoms with Gasteiger partial charge in [-0.2, -0.15) is 0 Å². The van der Waals surface area contributed by atoms with E-state index in [0.29, 0.717) is 16.0 Å². The van der Waals surface area contributed by atoms with Crippen LogP contribution in [-0.4, -0.2) is 27.0 Å². The quantitative estimate of drug-likeness (QED) is 0.774. The molecule has 2 aromatic heterocycles. The van der Waals surface area contributed by atoms with Crippen molar-refractivity contribution in [3.63, 3.8) is 0 Å². The van der Waals surface area contributed by atoms with E-state index in [1.54, 1.807) is 7.05 Å². The van der Waals surface area contributed by atoms with Crippen LogP contribution in [0.5, 0.6) is 0 Å². The maximum atomic E-state index is 5.63. The summed E-state index contributed by atoms with van der Waals surface area (Å²) in [4.78, 5) is 14.6. The van der Waals surface area contributed by atoms with Crippen LogP contribution in [-0.2, 0) is 0 Å². The van der Waals surface area contributed by atoms with Gasteiger partial charge in [-0.3, -0.25) is 0 Å². The third-order valence-electron chi connectivity index (χ3n) is 1.79. The van der Waals surface area contributed by atoms with Gasteiger partial charge in [0.25, 0.3) is 0 Å². The summed E-state index contributed by atoms with van der Waals surface area (Å²) in [6.45, 7) is 0. The Morgan fingerprint density at radius 3 is 1.47 bits per heavy atom. The Labute approximate surface area is 129 Å². The van der Waals surface area contributed by atoms with Crippen LogP contribution in [0.25, 0.3) is 0 Å². The van der Waals surface area contributed by atoms with Gasteiger partial charge in [-0.1, -0.05) is 46.4 Å². The molecule has 2 aromatic rings. The molecule has 0 aliphatic heterocycles. The molecule has 19 heavy (non-hydrogen) atoms. The van der Waals surface area contributed by atoms with Gasteiger partial charge in [0.05, 0.1) is 0 Å². The zero-order valence-electron chi connectivity index (χ0n) is 9.53. The first-order valence-corrected chi connectivity index (χ1v) is 6.23. The predicted octanol–water partition coefficient (Wildman–Crippen LogP) is 3.19. The summed E-state index contributed by atoms with van der Waals surface area (Å²) < 4.78 is 0. The van der Waals surface area contributed by atoms with Crippen molar-refractivity contribution in [2.75, 3.05) is 18.1 Å². The third-order valence-corrected chi connectivity index (χ3v) is 2.97. The largest absolute Gasteiger partial charge is 0.394 e. The standard InChI is InChI=1S/C5H5Cl2N3.C4H3Cl2N3/c1-8-3-4(6)9-2-10-5(3)7;5-3-2(7)4(6)9-1-8-3/h2,8H,1H3;1H,7H2. The van der Waals surface area contributed by atoms with Crippen molar-refractivity contribution in [2.45, 2.75) is 0 Å². The number of nitrogens with two attached hydrogens (primary N) is 1. The molecule has 0 radical (unpaired) electrons. The molecule has 10 heteroatoms. The van der Waals surface area contributed by atoms with E-state index in [1.165, 1.54) is 12.7 Å². The summed E-state index contributed by atoms with van der Waals surface area (Å²) in [6.07, 6.45) is 2.56. The van der Waals surface area contributed by atoms with Crippen molar-refractivity contribution < 1.29 is 0 Å². The third kappa shape index (κ3) is 4.50. The van der Waals surface area contributed by atoms with Crippen LogP contribution in [0.3, 0.4) is 0 Å². The van der Waals surface area contributed by atoms with E-state index < -0.39 is 0 Å². The second kappa shape index (κ2) is 7.49. The first kappa shape index (κ1) is 16.0. The molecule has 0 fully saturated rings. The average Bonchev–Trinajstić information content (AvgIpc) is 2.37. The van der Waals surface area contributed by atoms with Crippen LogP contribution in [0.1, 0.15) is 0 Å². The second-order valence-electron chi connectivity index (χ2n) is 2.95. The van der Waals surface area contributed by atoms with E-state index in [2.05, 4.69) is 25.3 Å². The van der Waals surface area contributed by atoms with Gasteiger partial charge in [-0.25, -0.2) is 19.9 Å². The molecule has 0 saturated heterocycles. The summed E-state index contributed by atoms with van der Waals surface area (Å²) in [5.74, 6) is 0. The van der Waals surface area contributed by atoms with Crippen molar-refractivity contribution in [3.8, 4) is 0 Å². The Morgan fingerprint density at radius 1 is 0.842 bits per heavy atom. The number of nitrogen functional groups attached to an aromatic ring is 1. The van der Waals surface area contributed by atoms with Crippen molar-refractivity contribution in [1.29, 1.82) is 0 Å². The Hall–Kier alpha value is -1.08. The number of nitrogens with zero attached hydrogens (tertiary/aromatic N) is 4. The minimum Gasteiger partial charge on any atom is -0.394 e. The summed E-state index contributed by atoms with van der Waals surface area (Å²) >= 11 is 22.2. The summed E-state index contributed by atoms with van der Waals surface area (Å²) in [7, 11) is 1.70. The van der Waals surface area contributed by atoms with Gasteiger partial charge in [0.15, 0.2) is 20.6 Å². The molecule has 0 bridgehead atoms. The van der Waals surface area contributed by atoms with Gasteiger partial charge < -0.3 is 11.1 Å². The smallest absolute Gasteiger partial charge is 0.157 e. The molecule has 0 unspecified atom stereocenters. The Kier molecular flexibility index (Phi) is 6.30. The number of hydrogen-bond acceptors (Lipinski definition) is 6. The van der Waals surface area contributed by atoms with E-state index in [-0.39, 0.29) is 16.0 Å². The van der Waals surface area contributed by atoms with Crippen molar-refractivity contribution >= 4 is 57.8 Å². The van der Waals surface area contributed by atoms with Crippen molar-refractivity contribution in [2.24, 2.45) is 0 Å². The lowest BCUT2D eigenvalue weighted by molar-refractivity contribution is 1.16. The van der Waals surface area contributed by atoms with E-state index in [9.17, 15) is 0 Å². The highest BCUT2D eigenvalue weighted by atomic mass is 35.5. The summed E-state index contributed by atoms with van der Waals surface area (Å²) in [5.41, 5.74) is 6.08. The van der Waals surface area contributed by atoms with Crippen LogP contribution >= 0.6 is 46.4 Å². The van der Waals surface area contributed by atoms with E-state index in [4.69, 9.17) is 52.1 Å². The van der Waals surface area contributed by atoms with Crippen LogP contribution in [0.15, 0.2) is 12.7 Å². The molecular formula is C9H8Cl4N6. The van der Waals surface area contributed by atoms with Gasteiger partial charge in [-0.05, 0) is 0 Å². The maximum Gasteiger partial charge on any atom is 0.157 e. The molecule has 2 heterocycles. The van der Waals surface area contributed by atoms with Crippen LogP contribution in [0.4, 0.5) is 11.4 Å². The fourth-order valence-electron chi connectivity index (χ4n) is 0.905. The lowest BCUT2D eigenvalue weighted by Crippen LogP contribution is -1.93. The minimum absolute atomic E-state index is 0.190. The molecule has 0 aromatic carbocycles. The molecule has 6 nitrogen and oxygen atoms in total. The molecule has 2 rings (SSSR count). The van der Waals surface area contributed by atoms with Crippen LogP contribution in [0.2, 0.25) is 20.6 Å². The summed E-state index contributed by atoms with van der Waals surface area (Å²) in [6, 6.07) is 0. The summed E-state index contributed by atoms with van der Waals surface area (Å²) in [5, 5.41) is 3.83. The monoisotopic (exact) mass is 340 g/mol. The van der Waals surface area contributed by atoms with Gasteiger partial charge in [0, 0.05) is 7.05 Å². The predicted molar refractivity (Wildman–Crippen MR) is 78.1 cm³/mol. The number of rotatable bonds is 1. The molecule has 0 saturated carbocycles. The number of hydrogen-bond donors (Lipinski definition) is 2. The highest BCUT2D eigenvalue weighted by molar-refractivity contribution is 6.37. The number of nitrogens with one attached hydrogen (secondary N) is 1. The molecule has 0 aliphatic carbocycles. The fourth-order valence-corrected chi connectivity index (χ4v) is 1.72. The van der Waals surface area contributed by atoms with Gasteiger partial charge in [-0.15, -0.1) is 0 Å². The fraction of sp³-hybridized carbons (Fsp3) is 0.111. The molecule has 3 N–H and O–H groups in total. The van der Waals surface area contributed by atoms with E-state index in [1.807, 2.05) is 0 Å². The Bertz CT molecular complexity index is 524. The van der Waals surface area contributed by atoms with Crippen LogP contribution in [0, 0.1) is 0 Å². The number of aromatic nitrogens is 4. The first-order chi connectivity index (χ1) is 8.97. The van der Waals surface area contributed by atoms with Crippen molar-refractivity contribution in [1.82, 2.24) is 19.9 Å². The second-order valence-corrected chi connectivity index (χ2v) is 4.38. The minimum atomic E-state index is 0.190. The topological polar surface area (TPSA) is 89.6 Å². The normalized spacial score (nSPS) is 9.53. The molecule has 0 amide bonds. The Morgan fingerprint density at radius 2 is 1.21 bits per heavy atom. The highest BCUT2D eigenvalue weighted by Gasteiger charge is 2.03. The lowest BCUT2D eigenvalue weighted by Gasteiger charge is -2.01. The zero-order chi connectivity index (χ0) is 14.4. The molecule has 0 atom stereocenters. The van der Waals surface area contributed by atoms with E-state index >= 15 is 0 Å². The molecule has 0 spiro atoms. The van der Waals surface area contributed by atoms with Crippen LogP contribution < -0.4 is 11.1 Å². The number of halogens is 4. The molecular weight excluding hydrogens is 334 g/mol. The molecule has 102 valence electrons. The SMILES string of the molecule is CNc1c(Cl)ncnc1Cl.Nc1c(Cl)ncnc1Cl. The average molecular weight is 342 g/mol. The highest BCUT2D eigenvalue weighted by Crippen LogP contribution is 2.24. The van der Waals surface area contributed by atoms with Crippen molar-refractivity contribution in [3.05, 3.63) is 33.3 Å². The first-order valence-electron chi connectivity index (χ1n) is 4.72. The Balaban J connectivity index is 0.000000191. The maximum absolute atomic E-state index is 5.63. The molecule has 0 aliphatic rings. The zero-order valence-corrected chi connectivity index (χ0v) is 12.6. The van der Waals surface area contributed by atoms with Gasteiger partial charge in [0.1, 0.15) is 24.0 Å². The van der Waals surface area contributed by atoms with E-state index in [0.717, 1.165) is 0 Å². The van der Waals surface area contributed by atoms with Gasteiger partial charge in [0.2, 0.25) is 0 Å².